The second-order valence-electron chi connectivity index (χ2n) is 7.03. The molecule has 2 N–H and O–H groups in total. The number of carbonyl (C=O) groups excluding carboxylic acids is 1. The Morgan fingerprint density at radius 1 is 0.970 bits per heavy atom. The summed E-state index contributed by atoms with van der Waals surface area (Å²) in [6, 6.07) is 19.8. The molecule has 0 bridgehead atoms. The highest BCUT2D eigenvalue weighted by molar-refractivity contribution is 5.96. The Balaban J connectivity index is 1.47. The third kappa shape index (κ3) is 5.37. The summed E-state index contributed by atoms with van der Waals surface area (Å²) >= 11 is 0. The Morgan fingerprint density at radius 2 is 1.73 bits per heavy atom. The molecule has 4 aromatic rings. The van der Waals surface area contributed by atoms with Crippen molar-refractivity contribution in [2.24, 2.45) is 0 Å². The number of aromatic carboxylic acids is 1. The summed E-state index contributed by atoms with van der Waals surface area (Å²) in [5.41, 5.74) is 2.46. The van der Waals surface area contributed by atoms with Crippen LogP contribution in [0.5, 0.6) is 11.6 Å². The van der Waals surface area contributed by atoms with Gasteiger partial charge < -0.3 is 15.2 Å². The number of nitrogens with zero attached hydrogens (tertiary/aromatic N) is 2. The molecule has 164 valence electrons. The number of benzene rings is 2. The Labute approximate surface area is 188 Å². The number of nitrogens with one attached hydrogen (secondary N) is 1. The molecule has 2 aromatic heterocycles. The normalized spacial score (nSPS) is 10.5. The monoisotopic (exact) mass is 443 g/mol. The van der Waals surface area contributed by atoms with Crippen molar-refractivity contribution in [3.63, 3.8) is 0 Å². The van der Waals surface area contributed by atoms with Gasteiger partial charge in [-0.15, -0.1) is 0 Å². The van der Waals surface area contributed by atoms with Gasteiger partial charge in [0.05, 0.1) is 17.5 Å². The Hall–Kier alpha value is -4.59. The number of carboxylic acids is 1. The van der Waals surface area contributed by atoms with Crippen molar-refractivity contribution in [3.05, 3.63) is 108 Å². The highest BCUT2D eigenvalue weighted by Gasteiger charge is 2.16. The predicted molar refractivity (Wildman–Crippen MR) is 119 cm³/mol. The number of hydrogen-bond acceptors (Lipinski definition) is 5. The molecule has 0 spiro atoms. The van der Waals surface area contributed by atoms with Crippen LogP contribution in [0.2, 0.25) is 0 Å². The van der Waals surface area contributed by atoms with Crippen molar-refractivity contribution in [3.8, 4) is 22.9 Å². The Bertz CT molecular complexity index is 1280. The number of carboxylic acid groups (broad SMARTS) is 1. The summed E-state index contributed by atoms with van der Waals surface area (Å²) in [4.78, 5) is 31.9. The number of carbonyl (C=O) groups is 2. The molecule has 0 saturated carbocycles. The van der Waals surface area contributed by atoms with Gasteiger partial charge in [0.15, 0.2) is 0 Å². The van der Waals surface area contributed by atoms with E-state index < -0.39 is 17.7 Å². The fraction of sp³-hybridized carbons (Fsp3) is 0.0400. The van der Waals surface area contributed by atoms with Crippen molar-refractivity contribution in [1.82, 2.24) is 15.3 Å². The number of aromatic nitrogens is 2. The average molecular weight is 443 g/mol. The van der Waals surface area contributed by atoms with Gasteiger partial charge in [-0.05, 0) is 60.2 Å². The zero-order valence-electron chi connectivity index (χ0n) is 17.2. The van der Waals surface area contributed by atoms with Crippen LogP contribution in [0.4, 0.5) is 4.39 Å². The fourth-order valence-electron chi connectivity index (χ4n) is 3.05. The van der Waals surface area contributed by atoms with Crippen molar-refractivity contribution in [1.29, 1.82) is 0 Å². The summed E-state index contributed by atoms with van der Waals surface area (Å²) in [6.07, 6.45) is 2.67. The molecule has 0 atom stereocenters. The highest BCUT2D eigenvalue weighted by Crippen LogP contribution is 2.26. The van der Waals surface area contributed by atoms with Crippen molar-refractivity contribution >= 4 is 11.9 Å². The van der Waals surface area contributed by atoms with Crippen LogP contribution >= 0.6 is 0 Å². The predicted octanol–water partition coefficient (Wildman–Crippen LogP) is 4.70. The quantitative estimate of drug-likeness (QED) is 0.429. The minimum Gasteiger partial charge on any atom is -0.478 e. The molecule has 0 saturated heterocycles. The molecule has 0 unspecified atom stereocenters. The molecule has 0 fully saturated rings. The molecule has 0 aliphatic carbocycles. The van der Waals surface area contributed by atoms with E-state index in [0.29, 0.717) is 11.3 Å². The highest BCUT2D eigenvalue weighted by atomic mass is 19.1. The van der Waals surface area contributed by atoms with E-state index in [1.165, 1.54) is 12.1 Å². The third-order valence-electron chi connectivity index (χ3n) is 4.75. The minimum absolute atomic E-state index is 0.0410. The maximum Gasteiger partial charge on any atom is 0.335 e. The number of amides is 1. The number of pyridine rings is 2. The van der Waals surface area contributed by atoms with Gasteiger partial charge in [-0.25, -0.2) is 14.2 Å². The first-order valence-corrected chi connectivity index (χ1v) is 9.95. The first-order valence-electron chi connectivity index (χ1n) is 9.95. The van der Waals surface area contributed by atoms with E-state index >= 15 is 0 Å². The Kier molecular flexibility index (Phi) is 6.36. The average Bonchev–Trinajstić information content (AvgIpc) is 2.85. The molecule has 1 amide bonds. The minimum atomic E-state index is -1.04. The van der Waals surface area contributed by atoms with E-state index in [-0.39, 0.29) is 23.6 Å². The van der Waals surface area contributed by atoms with E-state index in [2.05, 4.69) is 15.3 Å². The van der Waals surface area contributed by atoms with Crippen LogP contribution in [-0.4, -0.2) is 27.0 Å². The van der Waals surface area contributed by atoms with E-state index in [9.17, 15) is 14.0 Å². The van der Waals surface area contributed by atoms with Gasteiger partial charge in [0.1, 0.15) is 17.1 Å². The van der Waals surface area contributed by atoms with Crippen LogP contribution in [0.3, 0.4) is 0 Å². The Morgan fingerprint density at radius 3 is 2.39 bits per heavy atom. The smallest absolute Gasteiger partial charge is 0.335 e. The van der Waals surface area contributed by atoms with Gasteiger partial charge in [0, 0.05) is 18.3 Å². The van der Waals surface area contributed by atoms with Crippen molar-refractivity contribution in [2.75, 3.05) is 0 Å². The van der Waals surface area contributed by atoms with Crippen molar-refractivity contribution < 1.29 is 23.8 Å². The molecular weight excluding hydrogens is 425 g/mol. The van der Waals surface area contributed by atoms with Crippen LogP contribution in [0, 0.1) is 5.82 Å². The first kappa shape index (κ1) is 21.6. The van der Waals surface area contributed by atoms with Crippen LogP contribution in [-0.2, 0) is 6.54 Å². The summed E-state index contributed by atoms with van der Waals surface area (Å²) < 4.78 is 19.6. The van der Waals surface area contributed by atoms with Gasteiger partial charge in [-0.1, -0.05) is 18.2 Å². The summed E-state index contributed by atoms with van der Waals surface area (Å²) in [6.45, 7) is 0.119. The second-order valence-corrected chi connectivity index (χ2v) is 7.03. The van der Waals surface area contributed by atoms with Gasteiger partial charge in [-0.2, -0.15) is 0 Å². The zero-order chi connectivity index (χ0) is 23.2. The zero-order valence-corrected chi connectivity index (χ0v) is 17.2. The molecule has 4 rings (SSSR count). The molecule has 2 aromatic carbocycles. The molecule has 0 aliphatic heterocycles. The van der Waals surface area contributed by atoms with Crippen LogP contribution in [0.25, 0.3) is 11.3 Å². The van der Waals surface area contributed by atoms with Crippen molar-refractivity contribution in [2.45, 2.75) is 6.54 Å². The van der Waals surface area contributed by atoms with Crippen LogP contribution < -0.4 is 10.1 Å². The van der Waals surface area contributed by atoms with Gasteiger partial charge in [0.2, 0.25) is 5.88 Å². The molecule has 2 heterocycles. The number of rotatable bonds is 7. The van der Waals surface area contributed by atoms with Gasteiger partial charge in [0.25, 0.3) is 5.91 Å². The topological polar surface area (TPSA) is 101 Å². The fourth-order valence-corrected chi connectivity index (χ4v) is 3.05. The lowest BCUT2D eigenvalue weighted by Gasteiger charge is -2.11. The third-order valence-corrected chi connectivity index (χ3v) is 4.75. The lowest BCUT2D eigenvalue weighted by molar-refractivity contribution is 0.0696. The van der Waals surface area contributed by atoms with Gasteiger partial charge in [-0.3, -0.25) is 9.78 Å². The van der Waals surface area contributed by atoms with Crippen LogP contribution in [0.15, 0.2) is 85.2 Å². The van der Waals surface area contributed by atoms with E-state index in [0.717, 1.165) is 23.5 Å². The first-order chi connectivity index (χ1) is 16.0. The standard InChI is InChI=1S/C25H18FN3O4/c26-19-13-21(23(30)28-14-16-4-6-18(7-5-16)25(31)32)24(29-15-19)33-20-10-8-17(9-11-20)22-3-1-2-12-27-22/h1-13,15H,14H2,(H,28,30)(H,31,32). The van der Waals surface area contributed by atoms with E-state index in [4.69, 9.17) is 9.84 Å². The number of ether oxygens (including phenoxy) is 1. The molecule has 33 heavy (non-hydrogen) atoms. The maximum absolute atomic E-state index is 13.8. The number of halogens is 1. The summed E-state index contributed by atoms with van der Waals surface area (Å²) in [5.74, 6) is -1.91. The molecule has 8 heteroatoms. The lowest BCUT2D eigenvalue weighted by atomic mass is 10.1. The molecule has 0 aliphatic rings. The maximum atomic E-state index is 13.8. The molecule has 7 nitrogen and oxygen atoms in total. The number of hydrogen-bond donors (Lipinski definition) is 2. The SMILES string of the molecule is O=C(O)c1ccc(CNC(=O)c2cc(F)cnc2Oc2ccc(-c3ccccn3)cc2)cc1. The second kappa shape index (κ2) is 9.69. The van der Waals surface area contributed by atoms with Crippen LogP contribution in [0.1, 0.15) is 26.3 Å². The largest absolute Gasteiger partial charge is 0.478 e. The lowest BCUT2D eigenvalue weighted by Crippen LogP contribution is -2.23. The van der Waals surface area contributed by atoms with E-state index in [1.54, 1.807) is 30.5 Å². The van der Waals surface area contributed by atoms with Gasteiger partial charge >= 0.3 is 5.97 Å². The summed E-state index contributed by atoms with van der Waals surface area (Å²) in [5, 5.41) is 11.6. The molecular formula is C25H18FN3O4. The molecule has 0 radical (unpaired) electrons. The summed E-state index contributed by atoms with van der Waals surface area (Å²) in [7, 11) is 0. The van der Waals surface area contributed by atoms with E-state index in [1.807, 2.05) is 30.3 Å².